The highest BCUT2D eigenvalue weighted by molar-refractivity contribution is 5.87. The van der Waals surface area contributed by atoms with E-state index in [2.05, 4.69) is 17.0 Å². The Kier molecular flexibility index (Phi) is 4.34. The van der Waals surface area contributed by atoms with Crippen LogP contribution in [0.15, 0.2) is 30.3 Å². The van der Waals surface area contributed by atoms with Crippen LogP contribution < -0.4 is 4.74 Å². The summed E-state index contributed by atoms with van der Waals surface area (Å²) in [6.45, 7) is 2.10. The van der Waals surface area contributed by atoms with Crippen LogP contribution in [0, 0.1) is 0 Å². The molecule has 0 aliphatic carbocycles. The Labute approximate surface area is 135 Å². The Morgan fingerprint density at radius 3 is 2.65 bits per heavy atom. The smallest absolute Gasteiger partial charge is 0.356 e. The van der Waals surface area contributed by atoms with E-state index in [0.29, 0.717) is 0 Å². The summed E-state index contributed by atoms with van der Waals surface area (Å²) in [5.41, 5.74) is 1.71. The van der Waals surface area contributed by atoms with E-state index in [4.69, 9.17) is 9.84 Å². The zero-order valence-electron chi connectivity index (χ0n) is 13.4. The van der Waals surface area contributed by atoms with Gasteiger partial charge in [-0.25, -0.2) is 4.79 Å². The van der Waals surface area contributed by atoms with Crippen LogP contribution in [-0.4, -0.2) is 52.0 Å². The van der Waals surface area contributed by atoms with Gasteiger partial charge in [0.2, 0.25) is 0 Å². The van der Waals surface area contributed by atoms with Gasteiger partial charge in [0.05, 0.1) is 5.69 Å². The number of hydrogen-bond acceptors (Lipinski definition) is 4. The number of likely N-dealkylation sites (tertiary alicyclic amines) is 1. The lowest BCUT2D eigenvalue weighted by molar-refractivity contribution is 0.0689. The van der Waals surface area contributed by atoms with E-state index in [-0.39, 0.29) is 11.8 Å². The van der Waals surface area contributed by atoms with E-state index in [1.165, 1.54) is 0 Å². The summed E-state index contributed by atoms with van der Waals surface area (Å²) in [6.07, 6.45) is 2.29. The number of nitrogens with zero attached hydrogens (tertiary/aromatic N) is 3. The lowest BCUT2D eigenvalue weighted by Crippen LogP contribution is -2.35. The Morgan fingerprint density at radius 1 is 1.26 bits per heavy atom. The van der Waals surface area contributed by atoms with Crippen molar-refractivity contribution in [1.82, 2.24) is 14.7 Å². The second-order valence-electron chi connectivity index (χ2n) is 5.99. The van der Waals surface area contributed by atoms with E-state index >= 15 is 0 Å². The highest BCUT2D eigenvalue weighted by Gasteiger charge is 2.18. The van der Waals surface area contributed by atoms with Crippen molar-refractivity contribution in [3.8, 4) is 17.0 Å². The minimum absolute atomic E-state index is 0.0455. The van der Waals surface area contributed by atoms with Crippen molar-refractivity contribution < 1.29 is 14.6 Å². The first-order valence-electron chi connectivity index (χ1n) is 7.76. The van der Waals surface area contributed by atoms with E-state index in [1.54, 1.807) is 17.8 Å². The van der Waals surface area contributed by atoms with Crippen LogP contribution >= 0.6 is 0 Å². The van der Waals surface area contributed by atoms with E-state index < -0.39 is 5.97 Å². The number of hydrogen-bond donors (Lipinski definition) is 1. The normalized spacial score (nSPS) is 16.4. The molecule has 6 heteroatoms. The molecule has 23 heavy (non-hydrogen) atoms. The van der Waals surface area contributed by atoms with E-state index in [9.17, 15) is 4.79 Å². The number of piperidine rings is 1. The van der Waals surface area contributed by atoms with Gasteiger partial charge in [-0.3, -0.25) is 4.68 Å². The second kappa shape index (κ2) is 6.42. The first kappa shape index (κ1) is 15.6. The van der Waals surface area contributed by atoms with Gasteiger partial charge in [-0.15, -0.1) is 0 Å². The predicted octanol–water partition coefficient (Wildman–Crippen LogP) is 2.26. The Morgan fingerprint density at radius 2 is 2.00 bits per heavy atom. The van der Waals surface area contributed by atoms with Gasteiger partial charge in [-0.05, 0) is 38.1 Å². The molecule has 0 bridgehead atoms. The van der Waals surface area contributed by atoms with Crippen molar-refractivity contribution in [2.24, 2.45) is 7.05 Å². The maximum atomic E-state index is 11.0. The number of aromatic carboxylic acids is 1. The molecule has 1 aromatic heterocycles. The minimum Gasteiger partial charge on any atom is -0.490 e. The molecule has 2 aromatic rings. The van der Waals surface area contributed by atoms with Crippen LogP contribution in [0.2, 0.25) is 0 Å². The number of ether oxygens (including phenoxy) is 1. The van der Waals surface area contributed by atoms with Crippen molar-refractivity contribution in [1.29, 1.82) is 0 Å². The molecule has 1 aliphatic rings. The third-order valence-electron chi connectivity index (χ3n) is 4.20. The number of aryl methyl sites for hydroxylation is 1. The van der Waals surface area contributed by atoms with Crippen LogP contribution in [0.3, 0.4) is 0 Å². The number of carboxylic acid groups (broad SMARTS) is 1. The standard InChI is InChI=1S/C17H21N3O3/c1-19-8-6-13(7-9-19)23-14-5-3-4-12(10-14)16-11-15(17(21)22)18-20(16)2/h3-5,10-11,13H,6-9H2,1-2H3,(H,21,22). The molecule has 6 nitrogen and oxygen atoms in total. The summed E-state index contributed by atoms with van der Waals surface area (Å²) >= 11 is 0. The Bertz CT molecular complexity index is 703. The van der Waals surface area contributed by atoms with Crippen molar-refractivity contribution >= 4 is 5.97 Å². The van der Waals surface area contributed by atoms with Gasteiger partial charge < -0.3 is 14.7 Å². The molecule has 0 radical (unpaired) electrons. The maximum Gasteiger partial charge on any atom is 0.356 e. The van der Waals surface area contributed by atoms with Gasteiger partial charge in [-0.2, -0.15) is 5.10 Å². The predicted molar refractivity (Wildman–Crippen MR) is 86.8 cm³/mol. The molecular formula is C17H21N3O3. The summed E-state index contributed by atoms with van der Waals surface area (Å²) in [5, 5.41) is 13.1. The zero-order chi connectivity index (χ0) is 16.4. The Balaban J connectivity index is 1.78. The summed E-state index contributed by atoms with van der Waals surface area (Å²) in [7, 11) is 3.87. The molecule has 1 fully saturated rings. The molecule has 0 saturated carbocycles. The fraction of sp³-hybridized carbons (Fsp3) is 0.412. The second-order valence-corrected chi connectivity index (χ2v) is 5.99. The van der Waals surface area contributed by atoms with Crippen LogP contribution in [-0.2, 0) is 7.05 Å². The number of carbonyl (C=O) groups is 1. The van der Waals surface area contributed by atoms with Crippen LogP contribution in [0.25, 0.3) is 11.3 Å². The zero-order valence-corrected chi connectivity index (χ0v) is 13.4. The summed E-state index contributed by atoms with van der Waals surface area (Å²) in [5.74, 6) is -0.208. The van der Waals surface area contributed by atoms with Gasteiger partial charge in [0.1, 0.15) is 11.9 Å². The van der Waals surface area contributed by atoms with Crippen molar-refractivity contribution in [2.45, 2.75) is 18.9 Å². The van der Waals surface area contributed by atoms with Gasteiger partial charge in [0.15, 0.2) is 5.69 Å². The Hall–Kier alpha value is -2.34. The number of aromatic nitrogens is 2. The monoisotopic (exact) mass is 315 g/mol. The first-order chi connectivity index (χ1) is 11.0. The average Bonchev–Trinajstić information content (AvgIpc) is 2.92. The van der Waals surface area contributed by atoms with Crippen molar-refractivity contribution in [2.75, 3.05) is 20.1 Å². The van der Waals surface area contributed by atoms with E-state index in [0.717, 1.165) is 42.9 Å². The number of rotatable bonds is 4. The van der Waals surface area contributed by atoms with Crippen molar-refractivity contribution in [3.63, 3.8) is 0 Å². The van der Waals surface area contributed by atoms with Crippen LogP contribution in [0.4, 0.5) is 0 Å². The first-order valence-corrected chi connectivity index (χ1v) is 7.76. The SMILES string of the molecule is CN1CCC(Oc2cccc(-c3cc(C(=O)O)nn3C)c2)CC1. The van der Waals surface area contributed by atoms with Crippen LogP contribution in [0.1, 0.15) is 23.3 Å². The topological polar surface area (TPSA) is 67.6 Å². The lowest BCUT2D eigenvalue weighted by Gasteiger charge is -2.29. The molecule has 0 amide bonds. The largest absolute Gasteiger partial charge is 0.490 e. The third kappa shape index (κ3) is 3.53. The molecule has 3 rings (SSSR count). The number of carboxylic acids is 1. The molecule has 122 valence electrons. The highest BCUT2D eigenvalue weighted by Crippen LogP contribution is 2.26. The fourth-order valence-electron chi connectivity index (χ4n) is 2.87. The molecular weight excluding hydrogens is 294 g/mol. The molecule has 1 N–H and O–H groups in total. The average molecular weight is 315 g/mol. The highest BCUT2D eigenvalue weighted by atomic mass is 16.5. The molecule has 2 heterocycles. The molecule has 1 saturated heterocycles. The fourth-order valence-corrected chi connectivity index (χ4v) is 2.87. The molecule has 0 spiro atoms. The van der Waals surface area contributed by atoms with Gasteiger partial charge in [-0.1, -0.05) is 12.1 Å². The summed E-state index contributed by atoms with van der Waals surface area (Å²) in [4.78, 5) is 13.4. The maximum absolute atomic E-state index is 11.0. The third-order valence-corrected chi connectivity index (χ3v) is 4.20. The number of benzene rings is 1. The molecule has 1 aromatic carbocycles. The quantitative estimate of drug-likeness (QED) is 0.937. The lowest BCUT2D eigenvalue weighted by atomic mass is 10.1. The van der Waals surface area contributed by atoms with E-state index in [1.807, 2.05) is 24.3 Å². The minimum atomic E-state index is -1.02. The van der Waals surface area contributed by atoms with Gasteiger partial charge in [0, 0.05) is 25.7 Å². The summed E-state index contributed by atoms with van der Waals surface area (Å²) in [6, 6.07) is 9.32. The van der Waals surface area contributed by atoms with Gasteiger partial charge in [0.25, 0.3) is 0 Å². The van der Waals surface area contributed by atoms with Crippen LogP contribution in [0.5, 0.6) is 5.75 Å². The van der Waals surface area contributed by atoms with Gasteiger partial charge >= 0.3 is 5.97 Å². The molecule has 0 atom stereocenters. The summed E-state index contributed by atoms with van der Waals surface area (Å²) < 4.78 is 7.67. The molecule has 1 aliphatic heterocycles. The molecule has 0 unspecified atom stereocenters. The van der Waals surface area contributed by atoms with Crippen molar-refractivity contribution in [3.05, 3.63) is 36.0 Å².